The summed E-state index contributed by atoms with van der Waals surface area (Å²) in [6, 6.07) is 0. The van der Waals surface area contributed by atoms with E-state index in [1.54, 1.807) is 6.92 Å². The van der Waals surface area contributed by atoms with Gasteiger partial charge in [0.1, 0.15) is 0 Å². The number of hydrogen-bond donors (Lipinski definition) is 1. The molecule has 0 heterocycles. The number of hydrogen-bond acceptors (Lipinski definition) is 3. The first-order valence-electron chi connectivity index (χ1n) is 4.58. The lowest BCUT2D eigenvalue weighted by Crippen LogP contribution is -2.19. The smallest absolute Gasteiger partial charge is 0.154 e. The first kappa shape index (κ1) is 11.9. The molecule has 2 atom stereocenters. The molecule has 0 amide bonds. The zero-order valence-corrected chi connectivity index (χ0v) is 8.25. The topological polar surface area (TPSA) is 38.7 Å². The third kappa shape index (κ3) is 7.98. The van der Waals surface area contributed by atoms with E-state index >= 15 is 0 Å². The molecule has 1 N–H and O–H groups in total. The summed E-state index contributed by atoms with van der Waals surface area (Å²) in [7, 11) is 0. The van der Waals surface area contributed by atoms with Crippen molar-refractivity contribution >= 4 is 0 Å². The van der Waals surface area contributed by atoms with E-state index < -0.39 is 6.10 Å². The molecule has 74 valence electrons. The number of ether oxygens (including phenoxy) is 2. The standard InChI is InChI=1S/C9H20O3/c1-4-5-6-11-9(3)12-7-8(2)10/h8-10H,4-7H2,1-3H3/t8-,9-/m1/s1. The Morgan fingerprint density at radius 3 is 2.42 bits per heavy atom. The van der Waals surface area contributed by atoms with Crippen molar-refractivity contribution in [3.63, 3.8) is 0 Å². The van der Waals surface area contributed by atoms with Crippen LogP contribution in [0.5, 0.6) is 0 Å². The number of unbranched alkanes of at least 4 members (excludes halogenated alkanes) is 1. The molecule has 0 aromatic carbocycles. The van der Waals surface area contributed by atoms with Crippen LogP contribution < -0.4 is 0 Å². The SMILES string of the molecule is CCCCO[C@@H](C)OC[C@@H](C)O. The second-order valence-electron chi connectivity index (χ2n) is 2.97. The molecule has 0 bridgehead atoms. The van der Waals surface area contributed by atoms with Gasteiger partial charge >= 0.3 is 0 Å². The minimum atomic E-state index is -0.415. The molecule has 0 aliphatic carbocycles. The highest BCUT2D eigenvalue weighted by molar-refractivity contribution is 4.42. The average molecular weight is 176 g/mol. The van der Waals surface area contributed by atoms with Gasteiger partial charge in [-0.2, -0.15) is 0 Å². The zero-order valence-electron chi connectivity index (χ0n) is 8.25. The van der Waals surface area contributed by atoms with Gasteiger partial charge in [-0.1, -0.05) is 13.3 Å². The minimum Gasteiger partial charge on any atom is -0.391 e. The van der Waals surface area contributed by atoms with Crippen LogP contribution >= 0.6 is 0 Å². The molecule has 0 aliphatic rings. The third-order valence-corrected chi connectivity index (χ3v) is 1.42. The normalized spacial score (nSPS) is 16.0. The summed E-state index contributed by atoms with van der Waals surface area (Å²) in [5, 5.41) is 8.89. The van der Waals surface area contributed by atoms with E-state index in [1.807, 2.05) is 6.92 Å². The van der Waals surface area contributed by atoms with Gasteiger partial charge < -0.3 is 14.6 Å². The van der Waals surface area contributed by atoms with E-state index in [9.17, 15) is 0 Å². The fourth-order valence-corrected chi connectivity index (χ4v) is 0.717. The van der Waals surface area contributed by atoms with E-state index in [0.717, 1.165) is 19.4 Å². The molecule has 0 fully saturated rings. The van der Waals surface area contributed by atoms with Crippen LogP contribution in [0.2, 0.25) is 0 Å². The molecule has 0 radical (unpaired) electrons. The molecule has 3 heteroatoms. The summed E-state index contributed by atoms with van der Waals surface area (Å²) in [5.74, 6) is 0. The van der Waals surface area contributed by atoms with Gasteiger partial charge in [-0.05, 0) is 20.3 Å². The van der Waals surface area contributed by atoms with Gasteiger partial charge in [-0.3, -0.25) is 0 Å². The fourth-order valence-electron chi connectivity index (χ4n) is 0.717. The van der Waals surface area contributed by atoms with E-state index in [4.69, 9.17) is 14.6 Å². The number of rotatable bonds is 7. The highest BCUT2D eigenvalue weighted by atomic mass is 16.7. The van der Waals surface area contributed by atoms with Crippen molar-refractivity contribution in [2.24, 2.45) is 0 Å². The van der Waals surface area contributed by atoms with Crippen molar-refractivity contribution in [1.29, 1.82) is 0 Å². The second-order valence-corrected chi connectivity index (χ2v) is 2.97. The Morgan fingerprint density at radius 2 is 1.92 bits per heavy atom. The first-order chi connectivity index (χ1) is 5.66. The third-order valence-electron chi connectivity index (χ3n) is 1.42. The fraction of sp³-hybridized carbons (Fsp3) is 1.00. The Morgan fingerprint density at radius 1 is 1.25 bits per heavy atom. The molecular formula is C9H20O3. The molecular weight excluding hydrogens is 156 g/mol. The summed E-state index contributed by atoms with van der Waals surface area (Å²) >= 11 is 0. The van der Waals surface area contributed by atoms with Gasteiger partial charge in [0.15, 0.2) is 6.29 Å². The first-order valence-corrected chi connectivity index (χ1v) is 4.58. The summed E-state index contributed by atoms with van der Waals surface area (Å²) in [6.07, 6.45) is 1.57. The van der Waals surface area contributed by atoms with Gasteiger partial charge in [0.25, 0.3) is 0 Å². The Kier molecular flexibility index (Phi) is 7.45. The summed E-state index contributed by atoms with van der Waals surface area (Å²) in [4.78, 5) is 0. The van der Waals surface area contributed by atoms with Gasteiger partial charge in [0, 0.05) is 6.61 Å². The Hall–Kier alpha value is -0.120. The Labute approximate surface area is 74.7 Å². The van der Waals surface area contributed by atoms with Crippen molar-refractivity contribution in [1.82, 2.24) is 0 Å². The molecule has 0 aromatic rings. The van der Waals surface area contributed by atoms with Crippen LogP contribution in [0.1, 0.15) is 33.6 Å². The zero-order chi connectivity index (χ0) is 9.40. The summed E-state index contributed by atoms with van der Waals surface area (Å²) < 4.78 is 10.5. The van der Waals surface area contributed by atoms with Crippen LogP contribution in [0.25, 0.3) is 0 Å². The van der Waals surface area contributed by atoms with E-state index in [1.165, 1.54) is 0 Å². The van der Waals surface area contributed by atoms with Crippen molar-refractivity contribution in [2.45, 2.75) is 46.0 Å². The lowest BCUT2D eigenvalue weighted by Gasteiger charge is -2.14. The second kappa shape index (κ2) is 7.53. The maximum Gasteiger partial charge on any atom is 0.154 e. The quantitative estimate of drug-likeness (QED) is 0.472. The number of aliphatic hydroxyl groups excluding tert-OH is 1. The predicted molar refractivity (Wildman–Crippen MR) is 48.0 cm³/mol. The van der Waals surface area contributed by atoms with Crippen molar-refractivity contribution in [2.75, 3.05) is 13.2 Å². The summed E-state index contributed by atoms with van der Waals surface area (Å²) in [5.41, 5.74) is 0. The molecule has 0 aromatic heterocycles. The van der Waals surface area contributed by atoms with Gasteiger partial charge in [0.05, 0.1) is 12.7 Å². The lowest BCUT2D eigenvalue weighted by molar-refractivity contribution is -0.145. The molecule has 0 saturated heterocycles. The highest BCUT2D eigenvalue weighted by Gasteiger charge is 2.03. The monoisotopic (exact) mass is 176 g/mol. The Balaban J connectivity index is 3.15. The lowest BCUT2D eigenvalue weighted by atomic mass is 10.4. The number of aliphatic hydroxyl groups is 1. The van der Waals surface area contributed by atoms with Crippen molar-refractivity contribution < 1.29 is 14.6 Å². The van der Waals surface area contributed by atoms with Gasteiger partial charge in [0.2, 0.25) is 0 Å². The van der Waals surface area contributed by atoms with E-state index in [0.29, 0.717) is 6.61 Å². The molecule has 0 rings (SSSR count). The van der Waals surface area contributed by atoms with Crippen LogP contribution in [0.3, 0.4) is 0 Å². The maximum absolute atomic E-state index is 8.89. The summed E-state index contributed by atoms with van der Waals surface area (Å²) in [6.45, 7) is 6.73. The van der Waals surface area contributed by atoms with Crippen LogP contribution in [0.4, 0.5) is 0 Å². The molecule has 0 unspecified atom stereocenters. The van der Waals surface area contributed by atoms with E-state index in [2.05, 4.69) is 6.92 Å². The average Bonchev–Trinajstić information content (AvgIpc) is 2.01. The van der Waals surface area contributed by atoms with Crippen LogP contribution in [0, 0.1) is 0 Å². The van der Waals surface area contributed by atoms with Crippen molar-refractivity contribution in [3.05, 3.63) is 0 Å². The molecule has 3 nitrogen and oxygen atoms in total. The van der Waals surface area contributed by atoms with Crippen LogP contribution in [-0.4, -0.2) is 30.7 Å². The molecule has 0 saturated carbocycles. The van der Waals surface area contributed by atoms with Crippen molar-refractivity contribution in [3.8, 4) is 0 Å². The molecule has 12 heavy (non-hydrogen) atoms. The van der Waals surface area contributed by atoms with Gasteiger partial charge in [-0.25, -0.2) is 0 Å². The maximum atomic E-state index is 8.89. The molecule has 0 aliphatic heterocycles. The largest absolute Gasteiger partial charge is 0.391 e. The highest BCUT2D eigenvalue weighted by Crippen LogP contribution is 1.97. The van der Waals surface area contributed by atoms with Gasteiger partial charge in [-0.15, -0.1) is 0 Å². The Bertz CT molecular complexity index is 93.8. The van der Waals surface area contributed by atoms with Crippen LogP contribution in [0.15, 0.2) is 0 Å². The van der Waals surface area contributed by atoms with Crippen LogP contribution in [-0.2, 0) is 9.47 Å². The van der Waals surface area contributed by atoms with E-state index in [-0.39, 0.29) is 6.29 Å². The predicted octanol–water partition coefficient (Wildman–Crippen LogP) is 1.55. The minimum absolute atomic E-state index is 0.203. The molecule has 0 spiro atoms.